The minimum absolute atomic E-state index is 0.0494. The molecule has 3 N–H and O–H groups in total. The van der Waals surface area contributed by atoms with Gasteiger partial charge in [0.15, 0.2) is 9.84 Å². The molecule has 2 amide bonds. The lowest BCUT2D eigenvalue weighted by molar-refractivity contribution is 0.0844. The fourth-order valence-corrected chi connectivity index (χ4v) is 2.85. The summed E-state index contributed by atoms with van der Waals surface area (Å²) in [5.74, 6) is -1.31. The largest absolute Gasteiger partial charge is 0.356 e. The fraction of sp³-hybridized carbons (Fsp3) is 0.0769. The summed E-state index contributed by atoms with van der Waals surface area (Å²) in [5, 5.41) is 0.0618. The fourth-order valence-electron chi connectivity index (χ4n) is 1.66. The zero-order chi connectivity index (χ0) is 17.2. The lowest BCUT2D eigenvalue weighted by Gasteiger charge is -2.09. The predicted octanol–water partition coefficient (Wildman–Crippen LogP) is 1.91. The number of amides is 2. The van der Waals surface area contributed by atoms with Gasteiger partial charge in [0.2, 0.25) is 0 Å². The van der Waals surface area contributed by atoms with Crippen molar-refractivity contribution in [2.45, 2.75) is 4.90 Å². The second-order valence-corrected chi connectivity index (χ2v) is 7.89. The molecule has 0 fully saturated rings. The quantitative estimate of drug-likeness (QED) is 0.659. The second-order valence-electron chi connectivity index (χ2n) is 4.55. The molecule has 0 atom stereocenters. The third-order valence-corrected chi connectivity index (χ3v) is 4.69. The number of carbonyl (C=O) groups excluding carboxylic acids is 2. The van der Waals surface area contributed by atoms with Crippen LogP contribution in [0, 0.1) is 0 Å². The maximum atomic E-state index is 12.1. The highest BCUT2D eigenvalue weighted by atomic mass is 79.9. The molecule has 7 nitrogen and oxygen atoms in total. The molecule has 0 aliphatic carbocycles. The van der Waals surface area contributed by atoms with Crippen LogP contribution in [0.5, 0.6) is 0 Å². The van der Waals surface area contributed by atoms with Crippen LogP contribution in [0.25, 0.3) is 0 Å². The van der Waals surface area contributed by atoms with Gasteiger partial charge >= 0.3 is 0 Å². The summed E-state index contributed by atoms with van der Waals surface area (Å²) in [6.07, 6.45) is 2.58. The van der Waals surface area contributed by atoms with Crippen molar-refractivity contribution in [3.8, 4) is 0 Å². The van der Waals surface area contributed by atoms with Crippen LogP contribution in [0.3, 0.4) is 0 Å². The van der Waals surface area contributed by atoms with Crippen LogP contribution in [-0.4, -0.2) is 31.5 Å². The number of benzene rings is 1. The van der Waals surface area contributed by atoms with Crippen molar-refractivity contribution in [3.05, 3.63) is 51.2 Å². The lowest BCUT2D eigenvalue weighted by Crippen LogP contribution is -2.41. The van der Waals surface area contributed by atoms with Gasteiger partial charge in [0.1, 0.15) is 5.69 Å². The van der Waals surface area contributed by atoms with E-state index in [1.54, 1.807) is 6.20 Å². The van der Waals surface area contributed by atoms with Gasteiger partial charge in [-0.25, -0.2) is 8.42 Å². The topological polar surface area (TPSA) is 108 Å². The third kappa shape index (κ3) is 4.34. The smallest absolute Gasteiger partial charge is 0.286 e. The predicted molar refractivity (Wildman–Crippen MR) is 88.0 cm³/mol. The normalized spacial score (nSPS) is 11.1. The summed E-state index contributed by atoms with van der Waals surface area (Å²) in [6, 6.07) is 5.27. The number of hydrogen-bond donors (Lipinski definition) is 3. The van der Waals surface area contributed by atoms with Crippen molar-refractivity contribution in [1.29, 1.82) is 0 Å². The number of hydrazine groups is 1. The number of carbonyl (C=O) groups is 2. The van der Waals surface area contributed by atoms with E-state index in [1.807, 2.05) is 0 Å². The van der Waals surface area contributed by atoms with Crippen LogP contribution in [0.1, 0.15) is 20.8 Å². The van der Waals surface area contributed by atoms with Crippen molar-refractivity contribution in [2.24, 2.45) is 0 Å². The highest BCUT2D eigenvalue weighted by Crippen LogP contribution is 2.20. The van der Waals surface area contributed by atoms with Crippen LogP contribution in [-0.2, 0) is 9.84 Å². The molecule has 2 aromatic rings. The van der Waals surface area contributed by atoms with Gasteiger partial charge in [-0.2, -0.15) is 0 Å². The van der Waals surface area contributed by atoms with Crippen LogP contribution in [0.4, 0.5) is 0 Å². The molecule has 10 heteroatoms. The summed E-state index contributed by atoms with van der Waals surface area (Å²) >= 11 is 9.08. The van der Waals surface area contributed by atoms with Crippen molar-refractivity contribution >= 4 is 49.2 Å². The number of hydrogen-bond acceptors (Lipinski definition) is 4. The molecule has 0 bridgehead atoms. The molecule has 122 valence electrons. The molecule has 23 heavy (non-hydrogen) atoms. The second kappa shape index (κ2) is 6.73. The highest BCUT2D eigenvalue weighted by Gasteiger charge is 2.16. The molecule has 2 rings (SSSR count). The lowest BCUT2D eigenvalue weighted by atomic mass is 10.2. The molecule has 0 aliphatic heterocycles. The van der Waals surface area contributed by atoms with Gasteiger partial charge in [-0.1, -0.05) is 11.6 Å². The van der Waals surface area contributed by atoms with E-state index in [1.165, 1.54) is 18.2 Å². The Hall–Kier alpha value is -1.84. The van der Waals surface area contributed by atoms with Crippen molar-refractivity contribution in [2.75, 3.05) is 6.26 Å². The maximum absolute atomic E-state index is 12.1. The Kier molecular flexibility index (Phi) is 5.12. The van der Waals surface area contributed by atoms with E-state index in [4.69, 9.17) is 11.6 Å². The number of aromatic nitrogens is 1. The molecular formula is C13H11BrClN3O4S. The molecule has 0 saturated heterocycles. The summed E-state index contributed by atoms with van der Waals surface area (Å²) in [5.41, 5.74) is 4.53. The Morgan fingerprint density at radius 3 is 2.39 bits per heavy atom. The average molecular weight is 421 g/mol. The summed E-state index contributed by atoms with van der Waals surface area (Å²) in [7, 11) is -3.48. The Labute approximate surface area is 145 Å². The van der Waals surface area contributed by atoms with E-state index < -0.39 is 21.7 Å². The summed E-state index contributed by atoms with van der Waals surface area (Å²) in [6.45, 7) is 0. The maximum Gasteiger partial charge on any atom is 0.286 e. The summed E-state index contributed by atoms with van der Waals surface area (Å²) in [4.78, 5) is 26.5. The Balaban J connectivity index is 2.13. The molecule has 0 spiro atoms. The van der Waals surface area contributed by atoms with E-state index in [0.717, 1.165) is 12.3 Å². The van der Waals surface area contributed by atoms with Gasteiger partial charge in [-0.3, -0.25) is 20.4 Å². The van der Waals surface area contributed by atoms with Crippen molar-refractivity contribution < 1.29 is 18.0 Å². The first-order chi connectivity index (χ1) is 10.7. The Morgan fingerprint density at radius 2 is 1.83 bits per heavy atom. The number of H-pyrrole nitrogens is 1. The zero-order valence-electron chi connectivity index (χ0n) is 11.7. The van der Waals surface area contributed by atoms with Crippen molar-refractivity contribution in [1.82, 2.24) is 15.8 Å². The number of halogens is 2. The Morgan fingerprint density at radius 1 is 1.17 bits per heavy atom. The molecule has 1 aromatic heterocycles. The van der Waals surface area contributed by atoms with E-state index in [9.17, 15) is 18.0 Å². The van der Waals surface area contributed by atoms with Gasteiger partial charge in [-0.15, -0.1) is 0 Å². The minimum atomic E-state index is -3.48. The SMILES string of the molecule is CS(=O)(=O)c1ccc(Cl)c(C(=O)NNC(=O)c2cc(Br)c[nH]2)c1. The number of aromatic amines is 1. The van der Waals surface area contributed by atoms with Crippen LogP contribution in [0.15, 0.2) is 39.8 Å². The van der Waals surface area contributed by atoms with E-state index in [0.29, 0.717) is 4.47 Å². The van der Waals surface area contributed by atoms with E-state index in [-0.39, 0.29) is 21.2 Å². The van der Waals surface area contributed by atoms with Gasteiger partial charge in [0.05, 0.1) is 15.5 Å². The monoisotopic (exact) mass is 419 g/mol. The van der Waals surface area contributed by atoms with Crippen LogP contribution in [0.2, 0.25) is 5.02 Å². The van der Waals surface area contributed by atoms with Gasteiger partial charge in [-0.05, 0) is 40.2 Å². The first-order valence-corrected chi connectivity index (χ1v) is 9.19. The molecule has 0 unspecified atom stereocenters. The molecular weight excluding hydrogens is 410 g/mol. The van der Waals surface area contributed by atoms with Crippen LogP contribution < -0.4 is 10.9 Å². The highest BCUT2D eigenvalue weighted by molar-refractivity contribution is 9.10. The molecule has 1 heterocycles. The van der Waals surface area contributed by atoms with Crippen LogP contribution >= 0.6 is 27.5 Å². The van der Waals surface area contributed by atoms with Gasteiger partial charge < -0.3 is 4.98 Å². The number of rotatable bonds is 3. The third-order valence-electron chi connectivity index (χ3n) is 2.79. The molecule has 0 aliphatic rings. The molecule has 1 aromatic carbocycles. The van der Waals surface area contributed by atoms with Crippen molar-refractivity contribution in [3.63, 3.8) is 0 Å². The van der Waals surface area contributed by atoms with Gasteiger partial charge in [0, 0.05) is 16.9 Å². The molecule has 0 radical (unpaired) electrons. The summed E-state index contributed by atoms with van der Waals surface area (Å²) < 4.78 is 23.7. The zero-order valence-corrected chi connectivity index (χ0v) is 14.8. The number of nitrogens with one attached hydrogen (secondary N) is 3. The Bertz CT molecular complexity index is 879. The van der Waals surface area contributed by atoms with E-state index >= 15 is 0 Å². The van der Waals surface area contributed by atoms with E-state index in [2.05, 4.69) is 31.8 Å². The van der Waals surface area contributed by atoms with Gasteiger partial charge in [0.25, 0.3) is 11.8 Å². The number of sulfone groups is 1. The average Bonchev–Trinajstić information content (AvgIpc) is 2.90. The minimum Gasteiger partial charge on any atom is -0.356 e. The first kappa shape index (κ1) is 17.5. The first-order valence-electron chi connectivity index (χ1n) is 6.12. The standard InChI is InChI=1S/C13H11BrClN3O4S/c1-23(21,22)8-2-3-10(15)9(5-8)12(19)17-18-13(20)11-4-7(14)6-16-11/h2-6,16H,1H3,(H,17,19)(H,18,20). The molecule has 0 saturated carbocycles.